The van der Waals surface area contributed by atoms with Crippen molar-refractivity contribution in [2.75, 3.05) is 26.3 Å². The van der Waals surface area contributed by atoms with Crippen LogP contribution in [0.4, 0.5) is 0 Å². The Morgan fingerprint density at radius 1 is 0.734 bits per heavy atom. The van der Waals surface area contributed by atoms with E-state index in [1.165, 1.54) is 36.0 Å². The number of aromatic nitrogens is 8. The molecule has 10 rings (SSSR count). The van der Waals surface area contributed by atoms with Gasteiger partial charge in [-0.3, -0.25) is 13.6 Å². The lowest BCUT2D eigenvalue weighted by Gasteiger charge is -2.24. The molecule has 334 valence electrons. The summed E-state index contributed by atoms with van der Waals surface area (Å²) >= 11 is 0. The summed E-state index contributed by atoms with van der Waals surface area (Å²) in [6, 6.07) is 20.1. The number of carboxylic acid groups (broad SMARTS) is 1. The number of aromatic carboxylic acids is 1. The highest BCUT2D eigenvalue weighted by molar-refractivity contribution is 6.00. The standard InChI is InChI=1S/C23H23N5O3.C12H8N2O3.C11H17N3O.CH4.H2/c1-2-16-13-24-22(25-14-16)31-15-18-9-6-10-27(18)21(29)20-19(17-7-4-3-5-8-17)26-23-28(20)11-12-30-23;15-11(16)10-9(8-4-2-1-3-5-8)13-12-14(10)6-7-17-12;1-2-9-6-13-11(14-7-9)15-8-10-4-3-5-12-10;;/h3-5,7-8,11-14,18H,2,6,9-10,15H2,1H3;1-7H,(H,15,16);6-7,10,12H,2-5,8H2,1H3;1H4;1H/t18-;;10-;;/m0.0../s1. The lowest BCUT2D eigenvalue weighted by atomic mass is 10.1. The summed E-state index contributed by atoms with van der Waals surface area (Å²) in [6.45, 7) is 6.93. The number of carbonyl (C=O) groups excluding carboxylic acids is 1. The van der Waals surface area contributed by atoms with Gasteiger partial charge in [-0.2, -0.15) is 9.97 Å². The normalized spacial score (nSPS) is 15.5. The van der Waals surface area contributed by atoms with E-state index in [4.69, 9.17) is 18.3 Å². The Balaban J connectivity index is 0.000000175. The predicted octanol–water partition coefficient (Wildman–Crippen LogP) is 7.97. The number of carboxylic acids is 1. The van der Waals surface area contributed by atoms with E-state index in [2.05, 4.69) is 49.1 Å². The minimum Gasteiger partial charge on any atom is -0.476 e. The number of hydrogen-bond donors (Lipinski definition) is 2. The largest absolute Gasteiger partial charge is 0.476 e. The van der Waals surface area contributed by atoms with Gasteiger partial charge in [-0.25, -0.2) is 24.7 Å². The van der Waals surface area contributed by atoms with Crippen LogP contribution in [0, 0.1) is 0 Å². The van der Waals surface area contributed by atoms with Crippen LogP contribution in [0.2, 0.25) is 0 Å². The van der Waals surface area contributed by atoms with Crippen molar-refractivity contribution in [3.8, 4) is 34.5 Å². The van der Waals surface area contributed by atoms with E-state index in [1.807, 2.05) is 78.0 Å². The molecular formula is C47H54N10O7. The van der Waals surface area contributed by atoms with Crippen LogP contribution in [0.5, 0.6) is 12.0 Å². The SMILES string of the molecule is C.CCc1cnc(OC[C@@H]2CCCN2)nc1.CCc1cnc(OC[C@@H]2CCCN2C(=O)c2c(-c3ccccc3)nc3occn23)nc1.O=C(O)c1c(-c2ccccc2)nc2occn12.[HH]. The number of rotatable bonds is 12. The summed E-state index contributed by atoms with van der Waals surface area (Å²) in [7, 11) is 0. The van der Waals surface area contributed by atoms with Gasteiger partial charge in [-0.05, 0) is 56.2 Å². The minimum absolute atomic E-state index is 0. The van der Waals surface area contributed by atoms with Crippen LogP contribution in [0.3, 0.4) is 0 Å². The molecule has 0 aliphatic carbocycles. The Morgan fingerprint density at radius 2 is 1.25 bits per heavy atom. The maximum absolute atomic E-state index is 13.7. The van der Waals surface area contributed by atoms with Gasteiger partial charge >= 0.3 is 29.7 Å². The Labute approximate surface area is 371 Å². The average molecular weight is 871 g/mol. The number of amides is 1. The quantitative estimate of drug-likeness (QED) is 0.120. The predicted molar refractivity (Wildman–Crippen MR) is 240 cm³/mol. The number of fused-ring (bicyclic) bond motifs is 2. The molecule has 2 fully saturated rings. The third-order valence-corrected chi connectivity index (χ3v) is 10.8. The Morgan fingerprint density at radius 3 is 1.75 bits per heavy atom. The minimum atomic E-state index is -1.03. The Hall–Kier alpha value is -7.40. The van der Waals surface area contributed by atoms with Crippen molar-refractivity contribution in [2.24, 2.45) is 0 Å². The zero-order valence-corrected chi connectivity index (χ0v) is 35.0. The topological polar surface area (TPSA) is 201 Å². The van der Waals surface area contributed by atoms with Gasteiger partial charge < -0.3 is 33.6 Å². The number of carbonyl (C=O) groups is 2. The highest BCUT2D eigenvalue weighted by Gasteiger charge is 2.34. The monoisotopic (exact) mass is 870 g/mol. The first kappa shape index (κ1) is 44.6. The van der Waals surface area contributed by atoms with Crippen molar-refractivity contribution in [3.05, 3.63) is 133 Å². The molecule has 8 heterocycles. The number of hydrogen-bond acceptors (Lipinski definition) is 13. The highest BCUT2D eigenvalue weighted by Crippen LogP contribution is 2.29. The van der Waals surface area contributed by atoms with Crippen molar-refractivity contribution >= 4 is 23.6 Å². The van der Waals surface area contributed by atoms with Gasteiger partial charge in [0.15, 0.2) is 5.69 Å². The molecule has 0 saturated carbocycles. The third-order valence-electron chi connectivity index (χ3n) is 10.8. The van der Waals surface area contributed by atoms with Gasteiger partial charge in [0.1, 0.15) is 42.8 Å². The maximum Gasteiger partial charge on any atom is 0.355 e. The first-order chi connectivity index (χ1) is 30.9. The van der Waals surface area contributed by atoms with Gasteiger partial charge in [0.05, 0.1) is 6.04 Å². The molecule has 0 radical (unpaired) electrons. The van der Waals surface area contributed by atoms with Gasteiger partial charge in [0.25, 0.3) is 5.91 Å². The molecule has 0 unspecified atom stereocenters. The van der Waals surface area contributed by atoms with Crippen LogP contribution in [0.15, 0.2) is 119 Å². The Kier molecular flexibility index (Phi) is 14.7. The van der Waals surface area contributed by atoms with Gasteiger partial charge in [-0.15, -0.1) is 0 Å². The van der Waals surface area contributed by atoms with Crippen LogP contribution >= 0.6 is 0 Å². The Bertz CT molecular complexity index is 2710. The molecule has 64 heavy (non-hydrogen) atoms. The molecule has 0 spiro atoms. The van der Waals surface area contributed by atoms with E-state index in [0.29, 0.717) is 60.7 Å². The molecule has 8 aromatic rings. The number of nitrogens with zero attached hydrogens (tertiary/aromatic N) is 9. The second-order valence-electron chi connectivity index (χ2n) is 14.9. The molecule has 6 aromatic heterocycles. The van der Waals surface area contributed by atoms with Crippen molar-refractivity contribution < 1.29 is 34.4 Å². The average Bonchev–Trinajstić information content (AvgIpc) is 4.19. The van der Waals surface area contributed by atoms with Gasteiger partial charge in [-0.1, -0.05) is 81.9 Å². The van der Waals surface area contributed by atoms with Gasteiger partial charge in [0, 0.05) is 62.3 Å². The molecule has 17 nitrogen and oxygen atoms in total. The third kappa shape index (κ3) is 10.3. The van der Waals surface area contributed by atoms with Gasteiger partial charge in [0.2, 0.25) is 0 Å². The lowest BCUT2D eigenvalue weighted by molar-refractivity contribution is 0.0675. The van der Waals surface area contributed by atoms with Crippen LogP contribution in [0.25, 0.3) is 34.2 Å². The lowest BCUT2D eigenvalue weighted by Crippen LogP contribution is -2.39. The molecule has 0 bridgehead atoms. The number of likely N-dealkylation sites (tertiary alicyclic amines) is 1. The summed E-state index contributed by atoms with van der Waals surface area (Å²) in [4.78, 5) is 52.3. The molecule has 2 aliphatic heterocycles. The van der Waals surface area contributed by atoms with Crippen molar-refractivity contribution in [2.45, 2.75) is 71.9 Å². The van der Waals surface area contributed by atoms with Crippen molar-refractivity contribution in [1.82, 2.24) is 48.9 Å². The second-order valence-corrected chi connectivity index (χ2v) is 14.9. The number of ether oxygens (including phenoxy) is 2. The fourth-order valence-electron chi connectivity index (χ4n) is 7.43. The van der Waals surface area contributed by atoms with Crippen LogP contribution in [-0.2, 0) is 12.8 Å². The maximum atomic E-state index is 13.7. The number of nitrogens with one attached hydrogen (secondary N) is 1. The number of benzene rings is 2. The molecule has 17 heteroatoms. The van der Waals surface area contributed by atoms with E-state index in [1.54, 1.807) is 23.0 Å². The zero-order valence-electron chi connectivity index (χ0n) is 35.0. The molecular weight excluding hydrogens is 817 g/mol. The summed E-state index contributed by atoms with van der Waals surface area (Å²) < 4.78 is 25.0. The first-order valence-corrected chi connectivity index (χ1v) is 21.1. The zero-order chi connectivity index (χ0) is 43.5. The highest BCUT2D eigenvalue weighted by atomic mass is 16.5. The molecule has 2 N–H and O–H groups in total. The van der Waals surface area contributed by atoms with Crippen molar-refractivity contribution in [1.29, 1.82) is 0 Å². The van der Waals surface area contributed by atoms with E-state index in [0.717, 1.165) is 54.5 Å². The summed E-state index contributed by atoms with van der Waals surface area (Å²) in [5.74, 6) is -0.432. The number of oxazole rings is 2. The second kappa shape index (κ2) is 21.1. The van der Waals surface area contributed by atoms with Crippen LogP contribution in [0.1, 0.15) is 80.5 Å². The van der Waals surface area contributed by atoms with E-state index in [-0.39, 0.29) is 32.3 Å². The number of imidazole rings is 2. The van der Waals surface area contributed by atoms with E-state index < -0.39 is 5.97 Å². The molecule has 2 saturated heterocycles. The smallest absolute Gasteiger partial charge is 0.355 e. The fourth-order valence-corrected chi connectivity index (χ4v) is 7.43. The fraction of sp³-hybridized carbons (Fsp3) is 0.319. The summed E-state index contributed by atoms with van der Waals surface area (Å²) in [5.41, 5.74) is 5.48. The molecule has 2 aliphatic rings. The first-order valence-electron chi connectivity index (χ1n) is 21.1. The van der Waals surface area contributed by atoms with Crippen LogP contribution in [-0.4, -0.2) is 99.0 Å². The molecule has 2 aromatic carbocycles. The van der Waals surface area contributed by atoms with Crippen LogP contribution < -0.4 is 14.8 Å². The summed E-state index contributed by atoms with van der Waals surface area (Å²) in [5, 5.41) is 12.6. The summed E-state index contributed by atoms with van der Waals surface area (Å²) in [6.07, 6.45) is 19.5. The van der Waals surface area contributed by atoms with E-state index in [9.17, 15) is 14.7 Å². The molecule has 1 amide bonds. The molecule has 2 atom stereocenters. The number of aryl methyl sites for hydroxylation is 2. The van der Waals surface area contributed by atoms with E-state index >= 15 is 0 Å². The van der Waals surface area contributed by atoms with Crippen molar-refractivity contribution in [3.63, 3.8) is 0 Å².